The fourth-order valence-electron chi connectivity index (χ4n) is 1.67. The molecule has 4 heteroatoms. The van der Waals surface area contributed by atoms with E-state index in [4.69, 9.17) is 10.5 Å². The van der Waals surface area contributed by atoms with Crippen LogP contribution < -0.4 is 10.5 Å². The van der Waals surface area contributed by atoms with Crippen molar-refractivity contribution >= 4 is 22.8 Å². The van der Waals surface area contributed by atoms with Crippen LogP contribution in [0.5, 0.6) is 5.75 Å². The first kappa shape index (κ1) is 12.6. The molecule has 1 heterocycles. The maximum atomic E-state index is 11.5. The van der Waals surface area contributed by atoms with Gasteiger partial charge < -0.3 is 10.5 Å². The van der Waals surface area contributed by atoms with Gasteiger partial charge in [0.25, 0.3) is 0 Å². The molecule has 0 unspecified atom stereocenters. The minimum atomic E-state index is -0.0339. The highest BCUT2D eigenvalue weighted by molar-refractivity contribution is 7.09. The first-order valence-electron chi connectivity index (χ1n) is 5.72. The fourth-order valence-corrected chi connectivity index (χ4v) is 2.36. The first-order chi connectivity index (χ1) is 8.66. The molecule has 0 aliphatic heterocycles. The normalized spacial score (nSPS) is 10.3. The first-order valence-corrected chi connectivity index (χ1v) is 6.60. The molecular formula is C14H15NO2S. The molecule has 0 saturated carbocycles. The summed E-state index contributed by atoms with van der Waals surface area (Å²) in [5.74, 6) is 0.571. The van der Waals surface area contributed by atoms with E-state index >= 15 is 0 Å². The Morgan fingerprint density at radius 3 is 2.89 bits per heavy atom. The van der Waals surface area contributed by atoms with Crippen molar-refractivity contribution in [3.05, 3.63) is 46.2 Å². The van der Waals surface area contributed by atoms with E-state index in [2.05, 4.69) is 6.07 Å². The number of anilines is 1. The van der Waals surface area contributed by atoms with Crippen molar-refractivity contribution in [2.24, 2.45) is 0 Å². The van der Waals surface area contributed by atoms with Gasteiger partial charge in [0.2, 0.25) is 0 Å². The van der Waals surface area contributed by atoms with Gasteiger partial charge in [-0.3, -0.25) is 4.79 Å². The Bertz CT molecular complexity index is 535. The van der Waals surface area contributed by atoms with Gasteiger partial charge in [0, 0.05) is 17.0 Å². The van der Waals surface area contributed by atoms with Crippen LogP contribution in [0.1, 0.15) is 22.2 Å². The van der Waals surface area contributed by atoms with E-state index in [-0.39, 0.29) is 5.78 Å². The Morgan fingerprint density at radius 1 is 1.39 bits per heavy atom. The highest BCUT2D eigenvalue weighted by Gasteiger charge is 2.09. The summed E-state index contributed by atoms with van der Waals surface area (Å²) in [6.07, 6.45) is 0.847. The molecule has 0 aliphatic rings. The summed E-state index contributed by atoms with van der Waals surface area (Å²) in [4.78, 5) is 12.7. The van der Waals surface area contributed by atoms with Crippen LogP contribution in [0.3, 0.4) is 0 Å². The van der Waals surface area contributed by atoms with Gasteiger partial charge in [0.15, 0.2) is 5.78 Å². The minimum Gasteiger partial charge on any atom is -0.492 e. The Hall–Kier alpha value is -1.81. The van der Waals surface area contributed by atoms with Crippen molar-refractivity contribution in [3.63, 3.8) is 0 Å². The molecule has 0 bridgehead atoms. The van der Waals surface area contributed by atoms with Crippen molar-refractivity contribution in [1.82, 2.24) is 0 Å². The predicted octanol–water partition coefficient (Wildman–Crippen LogP) is 3.15. The molecule has 1 aromatic heterocycles. The third-order valence-electron chi connectivity index (χ3n) is 2.57. The largest absolute Gasteiger partial charge is 0.492 e. The Kier molecular flexibility index (Phi) is 3.99. The van der Waals surface area contributed by atoms with Gasteiger partial charge in [-0.1, -0.05) is 6.07 Å². The number of thiophene rings is 1. The Labute approximate surface area is 110 Å². The van der Waals surface area contributed by atoms with E-state index < -0.39 is 0 Å². The zero-order chi connectivity index (χ0) is 13.0. The molecular weight excluding hydrogens is 246 g/mol. The van der Waals surface area contributed by atoms with E-state index in [1.807, 2.05) is 11.4 Å². The van der Waals surface area contributed by atoms with Crippen LogP contribution in [-0.2, 0) is 6.42 Å². The predicted molar refractivity (Wildman–Crippen MR) is 74.4 cm³/mol. The second kappa shape index (κ2) is 5.69. The van der Waals surface area contributed by atoms with Gasteiger partial charge in [-0.15, -0.1) is 11.3 Å². The topological polar surface area (TPSA) is 52.3 Å². The molecule has 0 fully saturated rings. The van der Waals surface area contributed by atoms with E-state index in [1.54, 1.807) is 29.5 Å². The molecule has 2 aromatic rings. The monoisotopic (exact) mass is 261 g/mol. The molecule has 0 amide bonds. The van der Waals surface area contributed by atoms with E-state index in [9.17, 15) is 4.79 Å². The Morgan fingerprint density at radius 2 is 2.22 bits per heavy atom. The number of carbonyl (C=O) groups is 1. The maximum Gasteiger partial charge on any atom is 0.163 e. The molecule has 94 valence electrons. The smallest absolute Gasteiger partial charge is 0.163 e. The van der Waals surface area contributed by atoms with Gasteiger partial charge in [-0.05, 0) is 36.6 Å². The quantitative estimate of drug-likeness (QED) is 0.664. The molecule has 2 rings (SSSR count). The fraction of sp³-hybridized carbons (Fsp3) is 0.214. The molecule has 0 saturated heterocycles. The number of nitrogens with two attached hydrogens (primary N) is 1. The van der Waals surface area contributed by atoms with E-state index in [1.165, 1.54) is 11.8 Å². The second-order valence-electron chi connectivity index (χ2n) is 3.99. The molecule has 1 aromatic carbocycles. The highest BCUT2D eigenvalue weighted by Crippen LogP contribution is 2.22. The summed E-state index contributed by atoms with van der Waals surface area (Å²) in [5, 5.41) is 2.04. The molecule has 0 spiro atoms. The molecule has 0 atom stereocenters. The van der Waals surface area contributed by atoms with E-state index in [0.717, 1.165) is 6.42 Å². The highest BCUT2D eigenvalue weighted by atomic mass is 32.1. The van der Waals surface area contributed by atoms with Crippen LogP contribution in [-0.4, -0.2) is 12.4 Å². The summed E-state index contributed by atoms with van der Waals surface area (Å²) in [5.41, 5.74) is 6.78. The van der Waals surface area contributed by atoms with Crippen LogP contribution in [0.25, 0.3) is 0 Å². The van der Waals surface area contributed by atoms with Gasteiger partial charge >= 0.3 is 0 Å². The number of ketones is 1. The second-order valence-corrected chi connectivity index (χ2v) is 5.02. The number of Topliss-reactive ketones (excluding diaryl/α,β-unsaturated/α-hetero) is 1. The van der Waals surface area contributed by atoms with Crippen LogP contribution in [0.4, 0.5) is 5.69 Å². The number of hydrogen-bond acceptors (Lipinski definition) is 4. The number of carbonyl (C=O) groups excluding carboxylic acids is 1. The lowest BCUT2D eigenvalue weighted by Crippen LogP contribution is -2.05. The third kappa shape index (κ3) is 3.11. The standard InChI is InChI=1S/C14H15NO2S/c1-10(16)13-9-11(15)4-5-14(13)17-7-6-12-3-2-8-18-12/h2-5,8-9H,6-7,15H2,1H3. The van der Waals surface area contributed by atoms with Gasteiger partial charge in [-0.2, -0.15) is 0 Å². The molecule has 0 aliphatic carbocycles. The minimum absolute atomic E-state index is 0.0339. The van der Waals surface area contributed by atoms with Crippen LogP contribution >= 0.6 is 11.3 Å². The Balaban J connectivity index is 2.02. The summed E-state index contributed by atoms with van der Waals surface area (Å²) in [6, 6.07) is 9.24. The zero-order valence-corrected chi connectivity index (χ0v) is 11.0. The van der Waals surface area contributed by atoms with E-state index in [0.29, 0.717) is 23.6 Å². The van der Waals surface area contributed by atoms with Gasteiger partial charge in [0.1, 0.15) is 5.75 Å². The lowest BCUT2D eigenvalue weighted by Gasteiger charge is -2.09. The van der Waals surface area contributed by atoms with Gasteiger partial charge in [-0.25, -0.2) is 0 Å². The maximum absolute atomic E-state index is 11.5. The number of rotatable bonds is 5. The number of benzene rings is 1. The molecule has 2 N–H and O–H groups in total. The average molecular weight is 261 g/mol. The lowest BCUT2D eigenvalue weighted by molar-refractivity contribution is 0.101. The van der Waals surface area contributed by atoms with Crippen LogP contribution in [0.2, 0.25) is 0 Å². The summed E-state index contributed by atoms with van der Waals surface area (Å²) in [7, 11) is 0. The third-order valence-corrected chi connectivity index (χ3v) is 3.51. The van der Waals surface area contributed by atoms with Crippen LogP contribution in [0.15, 0.2) is 35.7 Å². The van der Waals surface area contributed by atoms with Crippen molar-refractivity contribution < 1.29 is 9.53 Å². The van der Waals surface area contributed by atoms with Crippen molar-refractivity contribution in [2.75, 3.05) is 12.3 Å². The number of hydrogen-bond donors (Lipinski definition) is 1. The van der Waals surface area contributed by atoms with Crippen molar-refractivity contribution in [3.8, 4) is 5.75 Å². The van der Waals surface area contributed by atoms with Gasteiger partial charge in [0.05, 0.1) is 12.2 Å². The molecule has 3 nitrogen and oxygen atoms in total. The SMILES string of the molecule is CC(=O)c1cc(N)ccc1OCCc1cccs1. The van der Waals surface area contributed by atoms with Crippen LogP contribution in [0, 0.1) is 0 Å². The number of nitrogen functional groups attached to an aromatic ring is 1. The lowest BCUT2D eigenvalue weighted by atomic mass is 10.1. The summed E-state index contributed by atoms with van der Waals surface area (Å²) < 4.78 is 5.66. The number of ether oxygens (including phenoxy) is 1. The van der Waals surface area contributed by atoms with Crippen molar-refractivity contribution in [2.45, 2.75) is 13.3 Å². The average Bonchev–Trinajstić information content (AvgIpc) is 2.84. The summed E-state index contributed by atoms with van der Waals surface area (Å²) in [6.45, 7) is 2.08. The summed E-state index contributed by atoms with van der Waals surface area (Å²) >= 11 is 1.70. The molecule has 0 radical (unpaired) electrons. The van der Waals surface area contributed by atoms with Crippen molar-refractivity contribution in [1.29, 1.82) is 0 Å². The zero-order valence-electron chi connectivity index (χ0n) is 10.2. The molecule has 18 heavy (non-hydrogen) atoms.